The van der Waals surface area contributed by atoms with Gasteiger partial charge in [0.2, 0.25) is 11.8 Å². The van der Waals surface area contributed by atoms with E-state index < -0.39 is 0 Å². The molecule has 0 radical (unpaired) electrons. The van der Waals surface area contributed by atoms with E-state index in [4.69, 9.17) is 0 Å². The van der Waals surface area contributed by atoms with Gasteiger partial charge in [0.05, 0.1) is 6.04 Å². The van der Waals surface area contributed by atoms with Crippen LogP contribution in [0.5, 0.6) is 0 Å². The average Bonchev–Trinajstić information content (AvgIpc) is 2.43. The number of nitrogens with one attached hydrogen (secondary N) is 2. The standard InChI is InChI=1S/C14H20N2O2/c1-3-13(17)15-10-12(16-14(18)4-2)11-8-6-5-7-9-11/h5-9,12H,3-4,10H2,1-2H3,(H,15,17)(H,16,18). The molecule has 4 heteroatoms. The van der Waals surface area contributed by atoms with Crippen molar-refractivity contribution in [1.82, 2.24) is 10.6 Å². The van der Waals surface area contributed by atoms with Crippen LogP contribution in [0.4, 0.5) is 0 Å². The van der Waals surface area contributed by atoms with Gasteiger partial charge in [-0.15, -0.1) is 0 Å². The number of carbonyl (C=O) groups excluding carboxylic acids is 2. The normalized spacial score (nSPS) is 11.7. The second kappa shape index (κ2) is 7.48. The lowest BCUT2D eigenvalue weighted by atomic mass is 10.1. The van der Waals surface area contributed by atoms with Crippen molar-refractivity contribution >= 4 is 11.8 Å². The fraction of sp³-hybridized carbons (Fsp3) is 0.429. The van der Waals surface area contributed by atoms with Crippen LogP contribution in [0.25, 0.3) is 0 Å². The zero-order valence-corrected chi connectivity index (χ0v) is 10.9. The van der Waals surface area contributed by atoms with Crippen LogP contribution in [0.2, 0.25) is 0 Å². The Morgan fingerprint density at radius 2 is 1.67 bits per heavy atom. The molecule has 1 atom stereocenters. The molecule has 18 heavy (non-hydrogen) atoms. The van der Waals surface area contributed by atoms with Gasteiger partial charge in [-0.25, -0.2) is 0 Å². The predicted molar refractivity (Wildman–Crippen MR) is 70.9 cm³/mol. The number of hydrogen-bond donors (Lipinski definition) is 2. The molecular weight excluding hydrogens is 228 g/mol. The topological polar surface area (TPSA) is 58.2 Å². The summed E-state index contributed by atoms with van der Waals surface area (Å²) in [5.41, 5.74) is 0.996. The second-order valence-electron chi connectivity index (χ2n) is 4.04. The molecular formula is C14H20N2O2. The zero-order chi connectivity index (χ0) is 13.4. The molecule has 0 bridgehead atoms. The molecule has 0 aliphatic carbocycles. The van der Waals surface area contributed by atoms with E-state index >= 15 is 0 Å². The Hall–Kier alpha value is -1.84. The molecule has 1 aromatic rings. The third-order valence-corrected chi connectivity index (χ3v) is 2.68. The van der Waals surface area contributed by atoms with E-state index in [0.29, 0.717) is 19.4 Å². The van der Waals surface area contributed by atoms with Crippen LogP contribution in [0.1, 0.15) is 38.3 Å². The second-order valence-corrected chi connectivity index (χ2v) is 4.04. The smallest absolute Gasteiger partial charge is 0.220 e. The van der Waals surface area contributed by atoms with Crippen LogP contribution in [-0.4, -0.2) is 18.4 Å². The van der Waals surface area contributed by atoms with Gasteiger partial charge in [-0.1, -0.05) is 44.2 Å². The highest BCUT2D eigenvalue weighted by atomic mass is 16.2. The van der Waals surface area contributed by atoms with E-state index in [1.54, 1.807) is 6.92 Å². The van der Waals surface area contributed by atoms with Crippen LogP contribution in [0.3, 0.4) is 0 Å². The summed E-state index contributed by atoms with van der Waals surface area (Å²) >= 11 is 0. The van der Waals surface area contributed by atoms with E-state index in [0.717, 1.165) is 5.56 Å². The van der Waals surface area contributed by atoms with Crippen molar-refractivity contribution in [2.45, 2.75) is 32.7 Å². The maximum absolute atomic E-state index is 11.5. The van der Waals surface area contributed by atoms with E-state index in [1.165, 1.54) is 0 Å². The molecule has 2 amide bonds. The quantitative estimate of drug-likeness (QED) is 0.806. The minimum atomic E-state index is -0.172. The maximum Gasteiger partial charge on any atom is 0.220 e. The average molecular weight is 248 g/mol. The van der Waals surface area contributed by atoms with Gasteiger partial charge in [0.25, 0.3) is 0 Å². The maximum atomic E-state index is 11.5. The van der Waals surface area contributed by atoms with Crippen LogP contribution in [0, 0.1) is 0 Å². The molecule has 0 saturated heterocycles. The number of benzene rings is 1. The van der Waals surface area contributed by atoms with E-state index in [1.807, 2.05) is 37.3 Å². The molecule has 0 spiro atoms. The lowest BCUT2D eigenvalue weighted by molar-refractivity contribution is -0.123. The Morgan fingerprint density at radius 1 is 1.06 bits per heavy atom. The van der Waals surface area contributed by atoms with Gasteiger partial charge in [-0.2, -0.15) is 0 Å². The first-order valence-electron chi connectivity index (χ1n) is 6.28. The van der Waals surface area contributed by atoms with Gasteiger partial charge in [-0.05, 0) is 5.56 Å². The molecule has 1 unspecified atom stereocenters. The van der Waals surface area contributed by atoms with Gasteiger partial charge in [0.1, 0.15) is 0 Å². The van der Waals surface area contributed by atoms with Crippen LogP contribution >= 0.6 is 0 Å². The Morgan fingerprint density at radius 3 is 2.22 bits per heavy atom. The molecule has 98 valence electrons. The molecule has 0 aliphatic rings. The summed E-state index contributed by atoms with van der Waals surface area (Å²) in [6.45, 7) is 4.03. The van der Waals surface area contributed by atoms with E-state index in [2.05, 4.69) is 10.6 Å². The molecule has 0 fully saturated rings. The lowest BCUT2D eigenvalue weighted by Gasteiger charge is -2.19. The SMILES string of the molecule is CCC(=O)NCC(NC(=O)CC)c1ccccc1. The zero-order valence-electron chi connectivity index (χ0n) is 10.9. The number of amides is 2. The molecule has 4 nitrogen and oxygen atoms in total. The van der Waals surface area contributed by atoms with Crippen molar-refractivity contribution in [3.05, 3.63) is 35.9 Å². The summed E-state index contributed by atoms with van der Waals surface area (Å²) in [5, 5.41) is 5.72. The predicted octanol–water partition coefficient (Wildman–Crippen LogP) is 1.78. The summed E-state index contributed by atoms with van der Waals surface area (Å²) in [4.78, 5) is 22.8. The Bertz CT molecular complexity index is 390. The highest BCUT2D eigenvalue weighted by Gasteiger charge is 2.14. The van der Waals surface area contributed by atoms with Crippen molar-refractivity contribution < 1.29 is 9.59 Å². The molecule has 1 rings (SSSR count). The molecule has 0 aliphatic heterocycles. The minimum absolute atomic E-state index is 0.0123. The van der Waals surface area contributed by atoms with Gasteiger partial charge in [-0.3, -0.25) is 9.59 Å². The first-order valence-corrected chi connectivity index (χ1v) is 6.28. The van der Waals surface area contributed by atoms with Gasteiger partial charge < -0.3 is 10.6 Å². The van der Waals surface area contributed by atoms with Crippen LogP contribution in [0.15, 0.2) is 30.3 Å². The monoisotopic (exact) mass is 248 g/mol. The summed E-state index contributed by atoms with van der Waals surface area (Å²) in [6, 6.07) is 9.48. The van der Waals surface area contributed by atoms with Crippen molar-refractivity contribution in [2.24, 2.45) is 0 Å². The highest BCUT2D eigenvalue weighted by molar-refractivity contribution is 5.77. The Kier molecular flexibility index (Phi) is 5.91. The highest BCUT2D eigenvalue weighted by Crippen LogP contribution is 2.11. The lowest BCUT2D eigenvalue weighted by Crippen LogP contribution is -2.37. The fourth-order valence-corrected chi connectivity index (χ4v) is 1.57. The van der Waals surface area contributed by atoms with Gasteiger partial charge in [0, 0.05) is 19.4 Å². The summed E-state index contributed by atoms with van der Waals surface area (Å²) in [6.07, 6.45) is 0.883. The first kappa shape index (κ1) is 14.2. The fourth-order valence-electron chi connectivity index (χ4n) is 1.57. The summed E-state index contributed by atoms with van der Waals surface area (Å²) in [7, 11) is 0. The Balaban J connectivity index is 2.69. The van der Waals surface area contributed by atoms with Crippen molar-refractivity contribution in [3.8, 4) is 0 Å². The van der Waals surface area contributed by atoms with Crippen LogP contribution in [-0.2, 0) is 9.59 Å². The summed E-state index contributed by atoms with van der Waals surface area (Å²) in [5.74, 6) is -0.0312. The number of hydrogen-bond acceptors (Lipinski definition) is 2. The minimum Gasteiger partial charge on any atom is -0.354 e. The third-order valence-electron chi connectivity index (χ3n) is 2.68. The molecule has 2 N–H and O–H groups in total. The largest absolute Gasteiger partial charge is 0.354 e. The van der Waals surface area contributed by atoms with E-state index in [-0.39, 0.29) is 17.9 Å². The molecule has 0 heterocycles. The third kappa shape index (κ3) is 4.57. The van der Waals surface area contributed by atoms with Crippen molar-refractivity contribution in [2.75, 3.05) is 6.54 Å². The van der Waals surface area contributed by atoms with Gasteiger partial charge in [0.15, 0.2) is 0 Å². The summed E-state index contributed by atoms with van der Waals surface area (Å²) < 4.78 is 0. The van der Waals surface area contributed by atoms with Gasteiger partial charge >= 0.3 is 0 Å². The first-order chi connectivity index (χ1) is 8.67. The number of carbonyl (C=O) groups is 2. The number of rotatable bonds is 6. The molecule has 1 aromatic carbocycles. The van der Waals surface area contributed by atoms with E-state index in [9.17, 15) is 9.59 Å². The molecule has 0 aromatic heterocycles. The van der Waals surface area contributed by atoms with Crippen molar-refractivity contribution in [3.63, 3.8) is 0 Å². The van der Waals surface area contributed by atoms with Crippen molar-refractivity contribution in [1.29, 1.82) is 0 Å². The van der Waals surface area contributed by atoms with Crippen LogP contribution < -0.4 is 10.6 Å². The molecule has 0 saturated carbocycles. The Labute approximate surface area is 108 Å².